The molecule has 0 unspecified atom stereocenters. The van der Waals surface area contributed by atoms with E-state index in [0.717, 1.165) is 57.7 Å². The number of nitrogens with zero attached hydrogens (tertiary/aromatic N) is 2. The van der Waals surface area contributed by atoms with Crippen LogP contribution in [-0.4, -0.2) is 43.5 Å². The maximum absolute atomic E-state index is 11.8. The Bertz CT molecular complexity index is 1030. The molecule has 4 heterocycles. The molecule has 3 aromatic rings. The van der Waals surface area contributed by atoms with E-state index in [-0.39, 0.29) is 5.91 Å². The van der Waals surface area contributed by atoms with E-state index in [2.05, 4.69) is 51.7 Å². The predicted molar refractivity (Wildman–Crippen MR) is 125 cm³/mol. The lowest BCUT2D eigenvalue weighted by Gasteiger charge is -2.35. The van der Waals surface area contributed by atoms with Gasteiger partial charge in [0.1, 0.15) is 0 Å². The second kappa shape index (κ2) is 8.09. The average molecular weight is 426 g/mol. The van der Waals surface area contributed by atoms with Gasteiger partial charge in [-0.2, -0.15) is 0 Å². The molecule has 5 rings (SSSR count). The van der Waals surface area contributed by atoms with Crippen molar-refractivity contribution in [2.75, 3.05) is 42.9 Å². The minimum absolute atomic E-state index is 0.167. The van der Waals surface area contributed by atoms with Gasteiger partial charge in [-0.05, 0) is 43.9 Å². The van der Waals surface area contributed by atoms with Gasteiger partial charge in [-0.25, -0.2) is 0 Å². The van der Waals surface area contributed by atoms with E-state index >= 15 is 0 Å². The number of rotatable bonds is 4. The number of carbonyl (C=O) groups is 1. The van der Waals surface area contributed by atoms with Gasteiger partial charge in [0.2, 0.25) is 5.91 Å². The quantitative estimate of drug-likeness (QED) is 0.645. The molecule has 6 heteroatoms. The highest BCUT2D eigenvalue weighted by atomic mass is 32.1. The molecule has 0 saturated carbocycles. The standard InChI is InChI=1S/C23H27N3OS2/c1-16-5-6-18-20(15-28-22(18)13-16)26-11-9-25(10-12-26)8-7-17-14-19-21(29-17)3-2-4-23(27)24-19/h5-6,13-15H,2-4,7-12H2,1H3,(H,24,27). The van der Waals surface area contributed by atoms with E-state index in [0.29, 0.717) is 6.42 Å². The van der Waals surface area contributed by atoms with Gasteiger partial charge >= 0.3 is 0 Å². The van der Waals surface area contributed by atoms with E-state index in [9.17, 15) is 4.79 Å². The molecule has 0 atom stereocenters. The van der Waals surface area contributed by atoms with Crippen molar-refractivity contribution in [3.63, 3.8) is 0 Å². The molecule has 29 heavy (non-hydrogen) atoms. The summed E-state index contributed by atoms with van der Waals surface area (Å²) >= 11 is 3.75. The van der Waals surface area contributed by atoms with Crippen LogP contribution in [0.3, 0.4) is 0 Å². The van der Waals surface area contributed by atoms with Crippen LogP contribution in [0.2, 0.25) is 0 Å². The third kappa shape index (κ3) is 4.06. The third-order valence-corrected chi connectivity index (χ3v) is 8.23. The molecule has 1 fully saturated rings. The van der Waals surface area contributed by atoms with Crippen LogP contribution >= 0.6 is 22.7 Å². The maximum atomic E-state index is 11.8. The highest BCUT2D eigenvalue weighted by molar-refractivity contribution is 7.17. The Labute approximate surface area is 180 Å². The number of aryl methyl sites for hydroxylation is 2. The number of benzene rings is 1. The summed E-state index contributed by atoms with van der Waals surface area (Å²) in [6.07, 6.45) is 3.73. The lowest BCUT2D eigenvalue weighted by molar-refractivity contribution is -0.116. The van der Waals surface area contributed by atoms with Crippen LogP contribution in [0.5, 0.6) is 0 Å². The first-order valence-electron chi connectivity index (χ1n) is 10.5. The molecule has 2 aliphatic heterocycles. The summed E-state index contributed by atoms with van der Waals surface area (Å²) in [5, 5.41) is 6.80. The fourth-order valence-electron chi connectivity index (χ4n) is 4.37. The number of nitrogens with one attached hydrogen (secondary N) is 1. The first kappa shape index (κ1) is 19.1. The van der Waals surface area contributed by atoms with Crippen LogP contribution in [0.15, 0.2) is 29.6 Å². The van der Waals surface area contributed by atoms with E-state index in [1.165, 1.54) is 31.1 Å². The molecule has 152 valence electrons. The number of piperazine rings is 1. The molecule has 1 saturated heterocycles. The Morgan fingerprint density at radius 2 is 1.97 bits per heavy atom. The summed E-state index contributed by atoms with van der Waals surface area (Å²) in [7, 11) is 0. The minimum atomic E-state index is 0.167. The van der Waals surface area contributed by atoms with Crippen LogP contribution in [-0.2, 0) is 17.6 Å². The molecule has 0 aliphatic carbocycles. The molecule has 1 N–H and O–H groups in total. The summed E-state index contributed by atoms with van der Waals surface area (Å²) < 4.78 is 1.40. The fraction of sp³-hybridized carbons (Fsp3) is 0.435. The second-order valence-corrected chi connectivity index (χ2v) is 10.3. The van der Waals surface area contributed by atoms with E-state index < -0.39 is 0 Å². The fourth-order valence-corrected chi connectivity index (χ4v) is 6.59. The van der Waals surface area contributed by atoms with Gasteiger partial charge in [0.05, 0.1) is 11.4 Å². The Morgan fingerprint density at radius 3 is 2.83 bits per heavy atom. The molecule has 0 bridgehead atoms. The summed E-state index contributed by atoms with van der Waals surface area (Å²) in [5.41, 5.74) is 3.81. The van der Waals surface area contributed by atoms with Crippen LogP contribution in [0.1, 0.15) is 28.2 Å². The zero-order chi connectivity index (χ0) is 19.8. The summed E-state index contributed by atoms with van der Waals surface area (Å²) in [5.74, 6) is 0.167. The summed E-state index contributed by atoms with van der Waals surface area (Å²) in [6.45, 7) is 7.69. The van der Waals surface area contributed by atoms with Crippen molar-refractivity contribution < 1.29 is 4.79 Å². The van der Waals surface area contributed by atoms with Crippen LogP contribution in [0, 0.1) is 6.92 Å². The van der Waals surface area contributed by atoms with Crippen molar-refractivity contribution in [1.29, 1.82) is 0 Å². The van der Waals surface area contributed by atoms with Crippen LogP contribution in [0.25, 0.3) is 10.1 Å². The summed E-state index contributed by atoms with van der Waals surface area (Å²) in [6, 6.07) is 9.01. The van der Waals surface area contributed by atoms with Gasteiger partial charge in [0, 0.05) is 64.4 Å². The molecule has 1 aromatic carbocycles. The van der Waals surface area contributed by atoms with Gasteiger partial charge in [0.25, 0.3) is 0 Å². The number of hydrogen-bond donors (Lipinski definition) is 1. The van der Waals surface area contributed by atoms with Crippen molar-refractivity contribution in [3.8, 4) is 0 Å². The van der Waals surface area contributed by atoms with E-state index in [4.69, 9.17) is 0 Å². The molecular weight excluding hydrogens is 398 g/mol. The van der Waals surface area contributed by atoms with Gasteiger partial charge in [0.15, 0.2) is 0 Å². The lowest BCUT2D eigenvalue weighted by Crippen LogP contribution is -2.46. The molecule has 2 aromatic heterocycles. The first-order valence-corrected chi connectivity index (χ1v) is 12.2. The molecular formula is C23H27N3OS2. The molecule has 0 spiro atoms. The van der Waals surface area contributed by atoms with Gasteiger partial charge in [-0.15, -0.1) is 22.7 Å². The number of amides is 1. The highest BCUT2D eigenvalue weighted by Crippen LogP contribution is 2.34. The zero-order valence-electron chi connectivity index (χ0n) is 16.9. The number of fused-ring (bicyclic) bond motifs is 2. The first-order chi connectivity index (χ1) is 14.2. The van der Waals surface area contributed by atoms with Crippen molar-refractivity contribution in [3.05, 3.63) is 45.0 Å². The Morgan fingerprint density at radius 1 is 1.10 bits per heavy atom. The molecule has 1 amide bonds. The van der Waals surface area contributed by atoms with Gasteiger partial charge in [-0.1, -0.05) is 12.1 Å². The van der Waals surface area contributed by atoms with Gasteiger partial charge in [-0.3, -0.25) is 9.69 Å². The Kier molecular flexibility index (Phi) is 5.33. The number of carbonyl (C=O) groups excluding carboxylic acids is 1. The largest absolute Gasteiger partial charge is 0.368 e. The van der Waals surface area contributed by atoms with Crippen molar-refractivity contribution in [2.45, 2.75) is 32.6 Å². The Balaban J connectivity index is 1.17. The van der Waals surface area contributed by atoms with Gasteiger partial charge < -0.3 is 10.2 Å². The lowest BCUT2D eigenvalue weighted by atomic mass is 10.1. The average Bonchev–Trinajstić information content (AvgIpc) is 3.26. The van der Waals surface area contributed by atoms with Crippen molar-refractivity contribution in [1.82, 2.24) is 4.90 Å². The number of hydrogen-bond acceptors (Lipinski definition) is 5. The van der Waals surface area contributed by atoms with Crippen LogP contribution in [0.4, 0.5) is 11.4 Å². The van der Waals surface area contributed by atoms with E-state index in [1.807, 2.05) is 22.7 Å². The number of thiophene rings is 2. The predicted octanol–water partition coefficient (Wildman–Crippen LogP) is 4.91. The maximum Gasteiger partial charge on any atom is 0.224 e. The number of anilines is 2. The highest BCUT2D eigenvalue weighted by Gasteiger charge is 2.21. The minimum Gasteiger partial charge on any atom is -0.368 e. The smallest absolute Gasteiger partial charge is 0.224 e. The van der Waals surface area contributed by atoms with E-state index in [1.54, 1.807) is 0 Å². The monoisotopic (exact) mass is 425 g/mol. The third-order valence-electron chi connectivity index (χ3n) is 6.04. The molecule has 4 nitrogen and oxygen atoms in total. The van der Waals surface area contributed by atoms with Crippen LogP contribution < -0.4 is 10.2 Å². The normalized spacial score (nSPS) is 18.0. The zero-order valence-corrected chi connectivity index (χ0v) is 18.5. The molecule has 0 radical (unpaired) electrons. The summed E-state index contributed by atoms with van der Waals surface area (Å²) in [4.78, 5) is 19.7. The second-order valence-electron chi connectivity index (χ2n) is 8.15. The molecule has 2 aliphatic rings. The Hall–Kier alpha value is -1.89. The SMILES string of the molecule is Cc1ccc2c(N3CCN(CCc4cc5c(s4)CCCC(=O)N5)CC3)csc2c1. The van der Waals surface area contributed by atoms with Crippen molar-refractivity contribution in [2.24, 2.45) is 0 Å². The van der Waals surface area contributed by atoms with Crippen molar-refractivity contribution >= 4 is 50.0 Å². The topological polar surface area (TPSA) is 35.6 Å².